The van der Waals surface area contributed by atoms with E-state index in [-0.39, 0.29) is 5.91 Å². The van der Waals surface area contributed by atoms with Crippen molar-refractivity contribution in [3.63, 3.8) is 0 Å². The summed E-state index contributed by atoms with van der Waals surface area (Å²) in [6.07, 6.45) is 3.75. The van der Waals surface area contributed by atoms with Gasteiger partial charge < -0.3 is 14.8 Å². The molecular formula is C20H27N2O3+. The van der Waals surface area contributed by atoms with E-state index in [1.54, 1.807) is 14.2 Å². The Hall–Kier alpha value is -2.56. The number of carbonyl (C=O) groups is 1. The lowest BCUT2D eigenvalue weighted by molar-refractivity contribution is -0.690. The number of methoxy groups -OCH3 is 2. The molecule has 0 bridgehead atoms. The molecule has 0 radical (unpaired) electrons. The van der Waals surface area contributed by atoms with Crippen LogP contribution in [-0.2, 0) is 24.2 Å². The fourth-order valence-electron chi connectivity index (χ4n) is 2.64. The number of carbonyl (C=O) groups excluding carboxylic acids is 1. The number of hydrogen-bond acceptors (Lipinski definition) is 3. The van der Waals surface area contributed by atoms with Gasteiger partial charge in [0, 0.05) is 25.1 Å². The molecule has 1 amide bonds. The van der Waals surface area contributed by atoms with Crippen LogP contribution in [0.1, 0.15) is 23.7 Å². The van der Waals surface area contributed by atoms with E-state index in [2.05, 4.69) is 24.4 Å². The number of aryl methyl sites for hydroxylation is 2. The van der Waals surface area contributed by atoms with Gasteiger partial charge in [-0.05, 0) is 36.6 Å². The van der Waals surface area contributed by atoms with Crippen LogP contribution in [0.3, 0.4) is 0 Å². The maximum Gasteiger partial charge on any atom is 0.286 e. The second kappa shape index (κ2) is 9.06. The van der Waals surface area contributed by atoms with Gasteiger partial charge in [-0.1, -0.05) is 13.0 Å². The van der Waals surface area contributed by atoms with E-state index in [4.69, 9.17) is 9.47 Å². The summed E-state index contributed by atoms with van der Waals surface area (Å²) >= 11 is 0. The largest absolute Gasteiger partial charge is 0.493 e. The monoisotopic (exact) mass is 343 g/mol. The van der Waals surface area contributed by atoms with Crippen molar-refractivity contribution < 1.29 is 18.8 Å². The molecule has 134 valence electrons. The third kappa shape index (κ3) is 5.21. The number of nitrogens with one attached hydrogen (secondary N) is 1. The highest BCUT2D eigenvalue weighted by molar-refractivity contribution is 5.74. The lowest BCUT2D eigenvalue weighted by atomic mass is 10.1. The Kier molecular flexibility index (Phi) is 6.81. The molecule has 0 atom stereocenters. The number of nitrogens with zero attached hydrogens (tertiary/aromatic N) is 1. The Balaban J connectivity index is 1.88. The van der Waals surface area contributed by atoms with Crippen LogP contribution in [0.5, 0.6) is 11.5 Å². The predicted octanol–water partition coefficient (Wildman–Crippen LogP) is 2.22. The second-order valence-corrected chi connectivity index (χ2v) is 5.95. The summed E-state index contributed by atoms with van der Waals surface area (Å²) in [6, 6.07) is 9.95. The Labute approximate surface area is 149 Å². The Morgan fingerprint density at radius 1 is 1.08 bits per heavy atom. The van der Waals surface area contributed by atoms with Gasteiger partial charge in [0.15, 0.2) is 23.4 Å². The minimum absolute atomic E-state index is 0.0156. The maximum atomic E-state index is 12.2. The van der Waals surface area contributed by atoms with Crippen LogP contribution in [0.4, 0.5) is 0 Å². The van der Waals surface area contributed by atoms with Crippen molar-refractivity contribution in [3.05, 3.63) is 53.3 Å². The third-order valence-corrected chi connectivity index (χ3v) is 4.22. The van der Waals surface area contributed by atoms with Crippen LogP contribution in [0.15, 0.2) is 36.5 Å². The third-order valence-electron chi connectivity index (χ3n) is 4.22. The van der Waals surface area contributed by atoms with Crippen LogP contribution in [0.25, 0.3) is 0 Å². The second-order valence-electron chi connectivity index (χ2n) is 5.95. The van der Waals surface area contributed by atoms with Gasteiger partial charge in [0.25, 0.3) is 5.91 Å². The summed E-state index contributed by atoms with van der Waals surface area (Å²) in [4.78, 5) is 12.2. The average Bonchev–Trinajstić information content (AvgIpc) is 2.63. The normalized spacial score (nSPS) is 10.4. The minimum Gasteiger partial charge on any atom is -0.493 e. The van der Waals surface area contributed by atoms with Gasteiger partial charge in [-0.15, -0.1) is 0 Å². The Morgan fingerprint density at radius 2 is 1.80 bits per heavy atom. The molecular weight excluding hydrogens is 316 g/mol. The molecule has 0 saturated heterocycles. The minimum atomic E-state index is 0.0156. The zero-order valence-corrected chi connectivity index (χ0v) is 15.5. The topological polar surface area (TPSA) is 51.4 Å². The standard InChI is InChI=1S/C20H26N2O3/c1-5-16-7-6-15(2)22(13-16)14-20(23)21-11-10-17-8-9-18(24-3)19(12-17)25-4/h6-9,12-13H,5,10-11,14H2,1-4H3/p+1. The van der Waals surface area contributed by atoms with Crippen molar-refractivity contribution in [1.29, 1.82) is 0 Å². The van der Waals surface area contributed by atoms with Crippen molar-refractivity contribution in [2.24, 2.45) is 0 Å². The maximum absolute atomic E-state index is 12.2. The highest BCUT2D eigenvalue weighted by atomic mass is 16.5. The zero-order chi connectivity index (χ0) is 18.2. The van der Waals surface area contributed by atoms with E-state index in [1.807, 2.05) is 35.9 Å². The van der Waals surface area contributed by atoms with E-state index < -0.39 is 0 Å². The summed E-state index contributed by atoms with van der Waals surface area (Å²) in [5.74, 6) is 1.42. The van der Waals surface area contributed by atoms with Crippen LogP contribution in [0.2, 0.25) is 0 Å². The van der Waals surface area contributed by atoms with Gasteiger partial charge in [0.2, 0.25) is 6.54 Å². The van der Waals surface area contributed by atoms with E-state index in [0.717, 1.165) is 24.1 Å². The summed E-state index contributed by atoms with van der Waals surface area (Å²) in [7, 11) is 3.23. The lowest BCUT2D eigenvalue weighted by Gasteiger charge is -2.10. The first-order chi connectivity index (χ1) is 12.1. The molecule has 0 fully saturated rings. The van der Waals surface area contributed by atoms with E-state index in [1.165, 1.54) is 5.56 Å². The number of ether oxygens (including phenoxy) is 2. The SMILES string of the molecule is CCc1ccc(C)[n+](CC(=O)NCCc2ccc(OC)c(OC)c2)c1. The van der Waals surface area contributed by atoms with Gasteiger partial charge in [-0.3, -0.25) is 4.79 Å². The summed E-state index contributed by atoms with van der Waals surface area (Å²) in [5, 5.41) is 2.98. The van der Waals surface area contributed by atoms with Crippen LogP contribution in [0, 0.1) is 6.92 Å². The van der Waals surface area contributed by atoms with E-state index in [9.17, 15) is 4.79 Å². The molecule has 0 aliphatic carbocycles. The molecule has 2 rings (SSSR count). The van der Waals surface area contributed by atoms with Crippen molar-refractivity contribution in [3.8, 4) is 11.5 Å². The van der Waals surface area contributed by atoms with Gasteiger partial charge in [0.1, 0.15) is 0 Å². The number of hydrogen-bond donors (Lipinski definition) is 1. The molecule has 1 aromatic carbocycles. The number of amides is 1. The molecule has 25 heavy (non-hydrogen) atoms. The quantitative estimate of drug-likeness (QED) is 0.748. The summed E-state index contributed by atoms with van der Waals surface area (Å²) in [6.45, 7) is 5.04. The van der Waals surface area contributed by atoms with Crippen LogP contribution < -0.4 is 19.4 Å². The summed E-state index contributed by atoms with van der Waals surface area (Å²) < 4.78 is 12.5. The molecule has 0 spiro atoms. The molecule has 1 N–H and O–H groups in total. The van der Waals surface area contributed by atoms with E-state index >= 15 is 0 Å². The summed E-state index contributed by atoms with van der Waals surface area (Å²) in [5.41, 5.74) is 3.39. The molecule has 0 unspecified atom stereocenters. The first-order valence-electron chi connectivity index (χ1n) is 8.54. The fraction of sp³-hybridized carbons (Fsp3) is 0.400. The predicted molar refractivity (Wildman–Crippen MR) is 97.0 cm³/mol. The molecule has 0 aliphatic rings. The molecule has 5 heteroatoms. The van der Waals surface area contributed by atoms with Crippen molar-refractivity contribution in [2.45, 2.75) is 33.2 Å². The van der Waals surface area contributed by atoms with E-state index in [0.29, 0.717) is 24.6 Å². The van der Waals surface area contributed by atoms with Crippen LogP contribution >= 0.6 is 0 Å². The Morgan fingerprint density at radius 3 is 2.48 bits per heavy atom. The molecule has 0 saturated carbocycles. The highest BCUT2D eigenvalue weighted by Gasteiger charge is 2.13. The highest BCUT2D eigenvalue weighted by Crippen LogP contribution is 2.27. The number of pyridine rings is 1. The van der Waals surface area contributed by atoms with Gasteiger partial charge >= 0.3 is 0 Å². The lowest BCUT2D eigenvalue weighted by Crippen LogP contribution is -2.45. The molecule has 1 aromatic heterocycles. The van der Waals surface area contributed by atoms with Gasteiger partial charge in [-0.2, -0.15) is 4.57 Å². The number of rotatable bonds is 8. The van der Waals surface area contributed by atoms with Crippen molar-refractivity contribution >= 4 is 5.91 Å². The van der Waals surface area contributed by atoms with Crippen molar-refractivity contribution in [2.75, 3.05) is 20.8 Å². The Bertz CT molecular complexity index is 729. The molecule has 2 aromatic rings. The molecule has 0 aliphatic heterocycles. The molecule has 1 heterocycles. The smallest absolute Gasteiger partial charge is 0.286 e. The fourth-order valence-corrected chi connectivity index (χ4v) is 2.64. The van der Waals surface area contributed by atoms with Crippen molar-refractivity contribution in [1.82, 2.24) is 5.32 Å². The van der Waals surface area contributed by atoms with Gasteiger partial charge in [0.05, 0.1) is 14.2 Å². The zero-order valence-electron chi connectivity index (χ0n) is 15.5. The number of benzene rings is 1. The van der Waals surface area contributed by atoms with Gasteiger partial charge in [-0.25, -0.2) is 0 Å². The number of aromatic nitrogens is 1. The first-order valence-corrected chi connectivity index (χ1v) is 8.54. The molecule has 5 nitrogen and oxygen atoms in total. The first kappa shape index (κ1) is 18.8. The average molecular weight is 343 g/mol. The van der Waals surface area contributed by atoms with Crippen LogP contribution in [-0.4, -0.2) is 26.7 Å².